The summed E-state index contributed by atoms with van der Waals surface area (Å²) >= 11 is 4.02. The highest BCUT2D eigenvalue weighted by atomic mass is 32.1. The van der Waals surface area contributed by atoms with Crippen LogP contribution in [0.5, 0.6) is 5.75 Å². The molecule has 0 amide bonds. The molecule has 0 unspecified atom stereocenters. The second-order valence-electron chi connectivity index (χ2n) is 2.95. The molecule has 15 heavy (non-hydrogen) atoms. The number of rotatable bonds is 4. The van der Waals surface area contributed by atoms with Crippen LogP contribution in [0.25, 0.3) is 0 Å². The Kier molecular flexibility index (Phi) is 4.19. The van der Waals surface area contributed by atoms with E-state index < -0.39 is 5.82 Å². The Morgan fingerprint density at radius 3 is 2.87 bits per heavy atom. The Hall–Kier alpha value is -1.47. The van der Waals surface area contributed by atoms with Gasteiger partial charge in [-0.1, -0.05) is 6.58 Å². The molecule has 0 aliphatic rings. The van der Waals surface area contributed by atoms with Crippen LogP contribution in [0.1, 0.15) is 5.56 Å². The molecule has 1 aromatic rings. The van der Waals surface area contributed by atoms with Gasteiger partial charge >= 0.3 is 0 Å². The molecule has 0 atom stereocenters. The highest BCUT2D eigenvalue weighted by Crippen LogP contribution is 2.16. The lowest BCUT2D eigenvalue weighted by molar-refractivity contribution is 0.351. The topological polar surface area (TPSA) is 33.0 Å². The maximum Gasteiger partial charge on any atom is 0.144 e. The minimum absolute atomic E-state index is 0.00960. The molecule has 4 heteroatoms. The fraction of sp³-hybridized carbons (Fsp3) is 0.182. The third-order valence-corrected chi connectivity index (χ3v) is 2.17. The lowest BCUT2D eigenvalue weighted by Crippen LogP contribution is -2.01. The molecule has 0 radical (unpaired) electrons. The summed E-state index contributed by atoms with van der Waals surface area (Å²) in [6, 6.07) is 5.86. The van der Waals surface area contributed by atoms with Gasteiger partial charge in [0.25, 0.3) is 0 Å². The van der Waals surface area contributed by atoms with E-state index in [1.165, 1.54) is 12.1 Å². The Balaban J connectivity index is 2.68. The first-order chi connectivity index (χ1) is 7.17. The van der Waals surface area contributed by atoms with Crippen LogP contribution in [0.15, 0.2) is 30.4 Å². The number of nitriles is 1. The first kappa shape index (κ1) is 11.6. The fourth-order valence-electron chi connectivity index (χ4n) is 0.907. The van der Waals surface area contributed by atoms with Crippen molar-refractivity contribution in [3.63, 3.8) is 0 Å². The quantitative estimate of drug-likeness (QED) is 0.628. The number of thiol groups is 1. The molecule has 0 aliphatic heterocycles. The minimum Gasteiger partial charge on any atom is -0.489 e. The van der Waals surface area contributed by atoms with Crippen molar-refractivity contribution >= 4 is 12.6 Å². The second kappa shape index (κ2) is 5.42. The van der Waals surface area contributed by atoms with Crippen molar-refractivity contribution in [3.8, 4) is 11.8 Å². The van der Waals surface area contributed by atoms with Crippen LogP contribution < -0.4 is 4.74 Å². The fourth-order valence-corrected chi connectivity index (χ4v) is 0.999. The average Bonchev–Trinajstić information content (AvgIpc) is 2.26. The standard InChI is InChI=1S/C11H10FNOS/c1-8(7-15)6-14-10-3-2-9(5-13)11(12)4-10/h2-4,15H,1,6-7H2. The molecule has 0 saturated heterocycles. The van der Waals surface area contributed by atoms with Crippen LogP contribution in [0.3, 0.4) is 0 Å². The molecule has 78 valence electrons. The molecule has 0 fully saturated rings. The molecule has 0 heterocycles. The van der Waals surface area contributed by atoms with Crippen molar-refractivity contribution in [2.24, 2.45) is 0 Å². The zero-order valence-electron chi connectivity index (χ0n) is 8.03. The Labute approximate surface area is 93.4 Å². The van der Waals surface area contributed by atoms with Gasteiger partial charge < -0.3 is 4.74 Å². The summed E-state index contributed by atoms with van der Waals surface area (Å²) in [4.78, 5) is 0. The van der Waals surface area contributed by atoms with Crippen LogP contribution in [0.2, 0.25) is 0 Å². The molecular formula is C11H10FNOS. The first-order valence-corrected chi connectivity index (χ1v) is 4.90. The van der Waals surface area contributed by atoms with Gasteiger partial charge in [-0.25, -0.2) is 4.39 Å². The highest BCUT2D eigenvalue weighted by molar-refractivity contribution is 7.80. The van der Waals surface area contributed by atoms with Gasteiger partial charge in [-0.3, -0.25) is 0 Å². The molecule has 2 nitrogen and oxygen atoms in total. The average molecular weight is 223 g/mol. The van der Waals surface area contributed by atoms with Gasteiger partial charge in [-0.2, -0.15) is 17.9 Å². The summed E-state index contributed by atoms with van der Waals surface area (Å²) in [6.07, 6.45) is 0. The van der Waals surface area contributed by atoms with E-state index in [1.807, 2.05) is 0 Å². The summed E-state index contributed by atoms with van der Waals surface area (Å²) in [5.41, 5.74) is 0.818. The summed E-state index contributed by atoms with van der Waals surface area (Å²) < 4.78 is 18.4. The van der Waals surface area contributed by atoms with Crippen molar-refractivity contribution in [2.45, 2.75) is 0 Å². The van der Waals surface area contributed by atoms with Gasteiger partial charge in [0.15, 0.2) is 0 Å². The maximum atomic E-state index is 13.1. The van der Waals surface area contributed by atoms with Crippen molar-refractivity contribution < 1.29 is 9.13 Å². The first-order valence-electron chi connectivity index (χ1n) is 4.27. The van der Waals surface area contributed by atoms with E-state index in [0.29, 0.717) is 18.1 Å². The predicted molar refractivity (Wildman–Crippen MR) is 59.6 cm³/mol. The Morgan fingerprint density at radius 2 is 2.33 bits per heavy atom. The third-order valence-electron chi connectivity index (χ3n) is 1.73. The van der Waals surface area contributed by atoms with E-state index in [0.717, 1.165) is 5.57 Å². The second-order valence-corrected chi connectivity index (χ2v) is 3.27. The number of nitrogens with zero attached hydrogens (tertiary/aromatic N) is 1. The van der Waals surface area contributed by atoms with Crippen LogP contribution in [0, 0.1) is 17.1 Å². The molecule has 0 N–H and O–H groups in total. The van der Waals surface area contributed by atoms with Crippen molar-refractivity contribution in [1.29, 1.82) is 5.26 Å². The molecule has 0 bridgehead atoms. The van der Waals surface area contributed by atoms with Gasteiger partial charge in [0.1, 0.15) is 24.2 Å². The lowest BCUT2D eigenvalue weighted by Gasteiger charge is -2.06. The molecule has 0 aromatic heterocycles. The van der Waals surface area contributed by atoms with Crippen molar-refractivity contribution in [2.75, 3.05) is 12.4 Å². The number of halogens is 1. The number of hydrogen-bond donors (Lipinski definition) is 1. The lowest BCUT2D eigenvalue weighted by atomic mass is 10.2. The van der Waals surface area contributed by atoms with Gasteiger partial charge in [0.2, 0.25) is 0 Å². The summed E-state index contributed by atoms with van der Waals surface area (Å²) in [5.74, 6) is 0.333. The van der Waals surface area contributed by atoms with Gasteiger partial charge in [0, 0.05) is 11.8 Å². The Bertz CT molecular complexity index is 412. The molecule has 0 spiro atoms. The zero-order valence-corrected chi connectivity index (χ0v) is 8.93. The molecular weight excluding hydrogens is 213 g/mol. The van der Waals surface area contributed by atoms with E-state index in [4.69, 9.17) is 10.00 Å². The summed E-state index contributed by atoms with van der Waals surface area (Å²) in [6.45, 7) is 4.00. The summed E-state index contributed by atoms with van der Waals surface area (Å²) in [7, 11) is 0. The monoisotopic (exact) mass is 223 g/mol. The third kappa shape index (κ3) is 3.30. The van der Waals surface area contributed by atoms with Gasteiger partial charge in [0.05, 0.1) is 5.56 Å². The number of hydrogen-bond acceptors (Lipinski definition) is 3. The number of benzene rings is 1. The van der Waals surface area contributed by atoms with E-state index in [9.17, 15) is 4.39 Å². The molecule has 1 rings (SSSR count). The van der Waals surface area contributed by atoms with E-state index in [2.05, 4.69) is 19.2 Å². The van der Waals surface area contributed by atoms with E-state index in [-0.39, 0.29) is 5.56 Å². The SMILES string of the molecule is C=C(CS)COc1ccc(C#N)c(F)c1. The van der Waals surface area contributed by atoms with Crippen LogP contribution in [-0.4, -0.2) is 12.4 Å². The van der Waals surface area contributed by atoms with Crippen molar-refractivity contribution in [1.82, 2.24) is 0 Å². The number of ether oxygens (including phenoxy) is 1. The molecule has 1 aromatic carbocycles. The highest BCUT2D eigenvalue weighted by Gasteiger charge is 2.03. The molecule has 0 aliphatic carbocycles. The van der Waals surface area contributed by atoms with E-state index in [1.54, 1.807) is 12.1 Å². The van der Waals surface area contributed by atoms with Crippen LogP contribution in [-0.2, 0) is 0 Å². The summed E-state index contributed by atoms with van der Waals surface area (Å²) in [5, 5.41) is 8.51. The van der Waals surface area contributed by atoms with Gasteiger partial charge in [-0.05, 0) is 17.7 Å². The van der Waals surface area contributed by atoms with Crippen LogP contribution in [0.4, 0.5) is 4.39 Å². The predicted octanol–water partition coefficient (Wildman–Crippen LogP) is 2.56. The smallest absolute Gasteiger partial charge is 0.144 e. The maximum absolute atomic E-state index is 13.1. The zero-order chi connectivity index (χ0) is 11.3. The van der Waals surface area contributed by atoms with Crippen LogP contribution >= 0.6 is 12.6 Å². The van der Waals surface area contributed by atoms with Gasteiger partial charge in [-0.15, -0.1) is 0 Å². The normalized spacial score (nSPS) is 9.40. The van der Waals surface area contributed by atoms with Crippen molar-refractivity contribution in [3.05, 3.63) is 41.7 Å². The molecule has 0 saturated carbocycles. The largest absolute Gasteiger partial charge is 0.489 e. The Morgan fingerprint density at radius 1 is 1.60 bits per heavy atom. The van der Waals surface area contributed by atoms with E-state index >= 15 is 0 Å². The minimum atomic E-state index is -0.577.